The number of nitrogens with zero attached hydrogens (tertiary/aromatic N) is 1. The van der Waals surface area contributed by atoms with Gasteiger partial charge in [0.25, 0.3) is 0 Å². The normalized spacial score (nSPS) is 15.4. The van der Waals surface area contributed by atoms with E-state index in [1.165, 1.54) is 22.5 Å². The Bertz CT molecular complexity index is 901. The molecule has 1 amide bonds. The molecule has 26 heavy (non-hydrogen) atoms. The third-order valence-corrected chi connectivity index (χ3v) is 6.29. The summed E-state index contributed by atoms with van der Waals surface area (Å²) in [7, 11) is -3.44. The highest BCUT2D eigenvalue weighted by atomic mass is 35.5. The summed E-state index contributed by atoms with van der Waals surface area (Å²) in [4.78, 5) is 12.2. The lowest BCUT2D eigenvalue weighted by Crippen LogP contribution is -2.27. The number of sulfonamides is 1. The van der Waals surface area contributed by atoms with Crippen molar-refractivity contribution in [3.05, 3.63) is 65.2 Å². The number of rotatable bonds is 5. The highest BCUT2D eigenvalue weighted by Gasteiger charge is 2.26. The van der Waals surface area contributed by atoms with Crippen molar-refractivity contribution in [3.63, 3.8) is 0 Å². The Morgan fingerprint density at radius 1 is 1.00 bits per heavy atom. The molecule has 0 aromatic heterocycles. The van der Waals surface area contributed by atoms with Crippen LogP contribution in [0.4, 0.5) is 5.69 Å². The van der Waals surface area contributed by atoms with Crippen molar-refractivity contribution in [2.24, 2.45) is 0 Å². The van der Waals surface area contributed by atoms with E-state index < -0.39 is 10.0 Å². The summed E-state index contributed by atoms with van der Waals surface area (Å²) in [6.45, 7) is 1.13. The third-order valence-electron chi connectivity index (χ3n) is 4.12. The predicted molar refractivity (Wildman–Crippen MR) is 104 cm³/mol. The molecule has 7 heteroatoms. The summed E-state index contributed by atoms with van der Waals surface area (Å²) < 4.78 is 26.4. The van der Waals surface area contributed by atoms with Crippen LogP contribution in [-0.4, -0.2) is 31.7 Å². The lowest BCUT2D eigenvalue weighted by Gasteiger charge is -2.15. The molecule has 1 heterocycles. The van der Waals surface area contributed by atoms with Crippen LogP contribution in [0.3, 0.4) is 0 Å². The van der Waals surface area contributed by atoms with Crippen LogP contribution in [-0.2, 0) is 14.8 Å². The van der Waals surface area contributed by atoms with E-state index in [1.807, 2.05) is 12.1 Å². The van der Waals surface area contributed by atoms with E-state index in [2.05, 4.69) is 5.32 Å². The van der Waals surface area contributed by atoms with Crippen molar-refractivity contribution in [1.29, 1.82) is 0 Å². The van der Waals surface area contributed by atoms with Gasteiger partial charge >= 0.3 is 0 Å². The summed E-state index contributed by atoms with van der Waals surface area (Å²) in [6.07, 6.45) is 4.89. The Morgan fingerprint density at radius 2 is 1.62 bits per heavy atom. The largest absolute Gasteiger partial charge is 0.323 e. The average molecular weight is 391 g/mol. The maximum Gasteiger partial charge on any atom is 0.248 e. The lowest BCUT2D eigenvalue weighted by molar-refractivity contribution is -0.111. The van der Waals surface area contributed by atoms with E-state index in [9.17, 15) is 13.2 Å². The van der Waals surface area contributed by atoms with E-state index in [4.69, 9.17) is 11.6 Å². The van der Waals surface area contributed by atoms with Gasteiger partial charge in [0.1, 0.15) is 0 Å². The quantitative estimate of drug-likeness (QED) is 0.790. The van der Waals surface area contributed by atoms with Gasteiger partial charge in [-0.2, -0.15) is 4.31 Å². The number of nitrogens with one attached hydrogen (secondary N) is 1. The lowest BCUT2D eigenvalue weighted by atomic mass is 10.2. The topological polar surface area (TPSA) is 66.5 Å². The van der Waals surface area contributed by atoms with Crippen LogP contribution in [0, 0.1) is 0 Å². The third kappa shape index (κ3) is 4.52. The Hall–Kier alpha value is -2.15. The van der Waals surface area contributed by atoms with E-state index in [0.29, 0.717) is 23.8 Å². The fraction of sp³-hybridized carbons (Fsp3) is 0.211. The van der Waals surface area contributed by atoms with Gasteiger partial charge < -0.3 is 5.32 Å². The second kappa shape index (κ2) is 8.03. The van der Waals surface area contributed by atoms with Crippen LogP contribution in [0.1, 0.15) is 18.4 Å². The van der Waals surface area contributed by atoms with Crippen LogP contribution < -0.4 is 5.32 Å². The van der Waals surface area contributed by atoms with Crippen LogP contribution >= 0.6 is 11.6 Å². The number of benzene rings is 2. The zero-order valence-corrected chi connectivity index (χ0v) is 15.6. The number of amides is 1. The minimum atomic E-state index is -3.44. The van der Waals surface area contributed by atoms with Crippen molar-refractivity contribution in [2.45, 2.75) is 17.7 Å². The molecule has 3 rings (SSSR count). The fourth-order valence-electron chi connectivity index (χ4n) is 2.72. The van der Waals surface area contributed by atoms with Gasteiger partial charge in [-0.25, -0.2) is 8.42 Å². The molecule has 0 spiro atoms. The van der Waals surface area contributed by atoms with Crippen molar-refractivity contribution in [1.82, 2.24) is 4.31 Å². The minimum absolute atomic E-state index is 0.245. The number of carbonyl (C=O) groups is 1. The van der Waals surface area contributed by atoms with Crippen molar-refractivity contribution < 1.29 is 13.2 Å². The van der Waals surface area contributed by atoms with Crippen molar-refractivity contribution in [2.75, 3.05) is 18.4 Å². The summed E-state index contributed by atoms with van der Waals surface area (Å²) in [5, 5.41) is 3.35. The van der Waals surface area contributed by atoms with E-state index in [0.717, 1.165) is 18.4 Å². The molecule has 5 nitrogen and oxygen atoms in total. The number of hydrogen-bond acceptors (Lipinski definition) is 3. The first-order valence-electron chi connectivity index (χ1n) is 8.30. The zero-order valence-electron chi connectivity index (χ0n) is 14.1. The molecule has 2 aromatic rings. The second-order valence-corrected chi connectivity index (χ2v) is 8.38. The van der Waals surface area contributed by atoms with Gasteiger partial charge in [0, 0.05) is 29.9 Å². The molecule has 1 aliphatic rings. The molecule has 2 aromatic carbocycles. The molecule has 0 aliphatic carbocycles. The second-order valence-electron chi connectivity index (χ2n) is 6.01. The average Bonchev–Trinajstić information content (AvgIpc) is 3.17. The molecule has 0 atom stereocenters. The van der Waals surface area contributed by atoms with Gasteiger partial charge in [-0.1, -0.05) is 23.7 Å². The first kappa shape index (κ1) is 18.6. The first-order chi connectivity index (χ1) is 12.4. The molecular weight excluding hydrogens is 372 g/mol. The fourth-order valence-corrected chi connectivity index (χ4v) is 4.36. The monoisotopic (exact) mass is 390 g/mol. The SMILES string of the molecule is O=C(C=Cc1ccc(Cl)cc1)Nc1ccc(S(=O)(=O)N2CCCC2)cc1. The molecule has 0 radical (unpaired) electrons. The number of hydrogen-bond donors (Lipinski definition) is 1. The molecule has 1 N–H and O–H groups in total. The van der Waals surface area contributed by atoms with Gasteiger partial charge in [0.2, 0.25) is 15.9 Å². The molecule has 0 bridgehead atoms. The molecule has 136 valence electrons. The Kier molecular flexibility index (Phi) is 5.76. The van der Waals surface area contributed by atoms with Gasteiger partial charge in [0.15, 0.2) is 0 Å². The Labute approximate surface area is 158 Å². The first-order valence-corrected chi connectivity index (χ1v) is 10.1. The highest BCUT2D eigenvalue weighted by Crippen LogP contribution is 2.22. The zero-order chi connectivity index (χ0) is 18.6. The van der Waals surface area contributed by atoms with Gasteiger partial charge in [0.05, 0.1) is 4.90 Å². The number of carbonyl (C=O) groups excluding carboxylic acids is 1. The van der Waals surface area contributed by atoms with Crippen molar-refractivity contribution >= 4 is 39.3 Å². The molecule has 1 fully saturated rings. The molecule has 1 aliphatic heterocycles. The Morgan fingerprint density at radius 3 is 2.23 bits per heavy atom. The minimum Gasteiger partial charge on any atom is -0.323 e. The van der Waals surface area contributed by atoms with Crippen LogP contribution in [0.15, 0.2) is 59.5 Å². The smallest absolute Gasteiger partial charge is 0.248 e. The maximum atomic E-state index is 12.5. The van der Waals surface area contributed by atoms with E-state index >= 15 is 0 Å². The van der Waals surface area contributed by atoms with Crippen LogP contribution in [0.5, 0.6) is 0 Å². The predicted octanol–water partition coefficient (Wildman–Crippen LogP) is 3.78. The van der Waals surface area contributed by atoms with E-state index in [-0.39, 0.29) is 10.8 Å². The number of halogens is 1. The van der Waals surface area contributed by atoms with Crippen LogP contribution in [0.2, 0.25) is 5.02 Å². The number of anilines is 1. The highest BCUT2D eigenvalue weighted by molar-refractivity contribution is 7.89. The molecular formula is C19H19ClN2O3S. The van der Waals surface area contributed by atoms with Gasteiger partial charge in [-0.05, 0) is 60.9 Å². The Balaban J connectivity index is 1.63. The molecule has 0 saturated carbocycles. The standard InChI is InChI=1S/C19H19ClN2O3S/c20-16-6-3-15(4-7-16)5-12-19(23)21-17-8-10-18(11-9-17)26(24,25)22-13-1-2-14-22/h3-12H,1-2,13-14H2,(H,21,23). The van der Waals surface area contributed by atoms with Crippen LogP contribution in [0.25, 0.3) is 6.08 Å². The van der Waals surface area contributed by atoms with E-state index in [1.54, 1.807) is 30.3 Å². The van der Waals surface area contributed by atoms with Gasteiger partial charge in [-0.3, -0.25) is 4.79 Å². The van der Waals surface area contributed by atoms with Gasteiger partial charge in [-0.15, -0.1) is 0 Å². The maximum absolute atomic E-state index is 12.5. The summed E-state index contributed by atoms with van der Waals surface area (Å²) in [6, 6.07) is 13.3. The summed E-state index contributed by atoms with van der Waals surface area (Å²) in [5.41, 5.74) is 1.40. The molecule has 0 unspecified atom stereocenters. The van der Waals surface area contributed by atoms with Crippen molar-refractivity contribution in [3.8, 4) is 0 Å². The summed E-state index contributed by atoms with van der Waals surface area (Å²) >= 11 is 5.82. The molecule has 1 saturated heterocycles. The summed E-state index contributed by atoms with van der Waals surface area (Å²) in [5.74, 6) is -0.296.